The molecule has 17 heavy (non-hydrogen) atoms. The van der Waals surface area contributed by atoms with Crippen LogP contribution in [0.1, 0.15) is 45.4 Å². The first-order valence-corrected chi connectivity index (χ1v) is 6.65. The summed E-state index contributed by atoms with van der Waals surface area (Å²) in [5, 5.41) is 17.8. The lowest BCUT2D eigenvalue weighted by Crippen LogP contribution is -2.42. The Morgan fingerprint density at radius 2 is 1.76 bits per heavy atom. The van der Waals surface area contributed by atoms with E-state index in [-0.39, 0.29) is 0 Å². The number of aliphatic hydroxyl groups is 1. The van der Waals surface area contributed by atoms with E-state index >= 15 is 0 Å². The van der Waals surface area contributed by atoms with E-state index < -0.39 is 11.4 Å². The van der Waals surface area contributed by atoms with Gasteiger partial charge < -0.3 is 15.1 Å². The van der Waals surface area contributed by atoms with Gasteiger partial charge in [-0.15, -0.1) is 0 Å². The Labute approximate surface area is 104 Å². The third-order valence-corrected chi connectivity index (χ3v) is 3.86. The molecule has 0 unspecified atom stereocenters. The Morgan fingerprint density at radius 3 is 2.29 bits per heavy atom. The molecular weight excluding hydrogens is 218 g/mol. The van der Waals surface area contributed by atoms with Gasteiger partial charge in [0.05, 0.1) is 5.41 Å². The van der Waals surface area contributed by atoms with Crippen molar-refractivity contribution in [2.45, 2.75) is 45.4 Å². The molecule has 100 valence electrons. The summed E-state index contributed by atoms with van der Waals surface area (Å²) in [5.74, 6) is -0.653. The van der Waals surface area contributed by atoms with E-state index in [1.165, 1.54) is 0 Å². The standard InChI is InChI=1S/C13H25NO3/c1-13(12(16)17)6-9-14(10-7-13)8-4-2-3-5-11-15/h15H,2-11H2,1H3,(H,16,17). The summed E-state index contributed by atoms with van der Waals surface area (Å²) in [6.07, 6.45) is 5.84. The van der Waals surface area contributed by atoms with Crippen molar-refractivity contribution in [3.63, 3.8) is 0 Å². The Hall–Kier alpha value is -0.610. The van der Waals surface area contributed by atoms with Gasteiger partial charge >= 0.3 is 5.97 Å². The minimum absolute atomic E-state index is 0.292. The van der Waals surface area contributed by atoms with E-state index in [1.54, 1.807) is 0 Å². The Balaban J connectivity index is 2.13. The molecule has 0 amide bonds. The van der Waals surface area contributed by atoms with Crippen LogP contribution in [0.25, 0.3) is 0 Å². The van der Waals surface area contributed by atoms with Crippen molar-refractivity contribution < 1.29 is 15.0 Å². The summed E-state index contributed by atoms with van der Waals surface area (Å²) in [5.41, 5.74) is -0.507. The number of aliphatic carboxylic acids is 1. The number of carboxylic acid groups (broad SMARTS) is 1. The number of hydrogen-bond donors (Lipinski definition) is 2. The average Bonchev–Trinajstić information content (AvgIpc) is 2.31. The van der Waals surface area contributed by atoms with Crippen molar-refractivity contribution in [3.05, 3.63) is 0 Å². The number of likely N-dealkylation sites (tertiary alicyclic amines) is 1. The molecule has 1 heterocycles. The number of nitrogens with zero attached hydrogens (tertiary/aromatic N) is 1. The third kappa shape index (κ3) is 4.64. The van der Waals surface area contributed by atoms with Crippen molar-refractivity contribution in [3.8, 4) is 0 Å². The van der Waals surface area contributed by atoms with Crippen molar-refractivity contribution >= 4 is 5.97 Å². The molecule has 4 nitrogen and oxygen atoms in total. The number of aliphatic hydroxyl groups excluding tert-OH is 1. The van der Waals surface area contributed by atoms with Crippen LogP contribution in [0.3, 0.4) is 0 Å². The van der Waals surface area contributed by atoms with E-state index in [4.69, 9.17) is 10.2 Å². The molecular formula is C13H25NO3. The molecule has 1 rings (SSSR count). The Morgan fingerprint density at radius 1 is 1.18 bits per heavy atom. The van der Waals surface area contributed by atoms with Crippen LogP contribution < -0.4 is 0 Å². The highest BCUT2D eigenvalue weighted by Gasteiger charge is 2.36. The van der Waals surface area contributed by atoms with E-state index in [0.29, 0.717) is 6.61 Å². The van der Waals surface area contributed by atoms with Gasteiger partial charge in [-0.05, 0) is 52.2 Å². The Kier molecular flexibility index (Phi) is 5.92. The van der Waals surface area contributed by atoms with E-state index in [9.17, 15) is 4.79 Å². The van der Waals surface area contributed by atoms with Crippen LogP contribution >= 0.6 is 0 Å². The second kappa shape index (κ2) is 6.97. The zero-order valence-electron chi connectivity index (χ0n) is 10.8. The van der Waals surface area contributed by atoms with Gasteiger partial charge in [-0.25, -0.2) is 0 Å². The van der Waals surface area contributed by atoms with Crippen LogP contribution in [0.15, 0.2) is 0 Å². The van der Waals surface area contributed by atoms with E-state index in [0.717, 1.165) is 58.2 Å². The molecule has 0 atom stereocenters. The normalized spacial score (nSPS) is 20.4. The predicted molar refractivity (Wildman–Crippen MR) is 67.0 cm³/mol. The molecule has 0 bridgehead atoms. The molecule has 0 radical (unpaired) electrons. The smallest absolute Gasteiger partial charge is 0.309 e. The van der Waals surface area contributed by atoms with Gasteiger partial charge in [0, 0.05) is 6.61 Å². The van der Waals surface area contributed by atoms with Gasteiger partial charge in [0.15, 0.2) is 0 Å². The summed E-state index contributed by atoms with van der Waals surface area (Å²) in [6, 6.07) is 0. The molecule has 1 aliphatic heterocycles. The molecule has 0 spiro atoms. The Bertz CT molecular complexity index is 235. The first kappa shape index (κ1) is 14.5. The number of hydrogen-bond acceptors (Lipinski definition) is 3. The zero-order chi connectivity index (χ0) is 12.7. The average molecular weight is 243 g/mol. The summed E-state index contributed by atoms with van der Waals surface area (Å²) in [4.78, 5) is 13.4. The highest BCUT2D eigenvalue weighted by atomic mass is 16.4. The predicted octanol–water partition coefficient (Wildman–Crippen LogP) is 1.73. The fraction of sp³-hybridized carbons (Fsp3) is 0.923. The van der Waals surface area contributed by atoms with Crippen LogP contribution in [0.4, 0.5) is 0 Å². The quantitative estimate of drug-likeness (QED) is 0.668. The molecule has 1 aliphatic rings. The minimum Gasteiger partial charge on any atom is -0.481 e. The van der Waals surface area contributed by atoms with Crippen molar-refractivity contribution in [2.24, 2.45) is 5.41 Å². The number of piperidine rings is 1. The topological polar surface area (TPSA) is 60.8 Å². The van der Waals surface area contributed by atoms with Gasteiger partial charge in [-0.1, -0.05) is 12.8 Å². The molecule has 0 saturated carbocycles. The zero-order valence-corrected chi connectivity index (χ0v) is 10.8. The monoisotopic (exact) mass is 243 g/mol. The lowest BCUT2D eigenvalue weighted by Gasteiger charge is -2.36. The molecule has 0 aromatic rings. The van der Waals surface area contributed by atoms with Gasteiger partial charge in [-0.3, -0.25) is 4.79 Å². The second-order valence-electron chi connectivity index (χ2n) is 5.35. The number of carbonyl (C=O) groups is 1. The maximum absolute atomic E-state index is 11.1. The second-order valence-corrected chi connectivity index (χ2v) is 5.35. The molecule has 1 saturated heterocycles. The highest BCUT2D eigenvalue weighted by molar-refractivity contribution is 5.74. The maximum Gasteiger partial charge on any atom is 0.309 e. The largest absolute Gasteiger partial charge is 0.481 e. The van der Waals surface area contributed by atoms with Crippen LogP contribution in [0.5, 0.6) is 0 Å². The van der Waals surface area contributed by atoms with Gasteiger partial charge in [0.25, 0.3) is 0 Å². The summed E-state index contributed by atoms with van der Waals surface area (Å²) < 4.78 is 0. The molecule has 0 aliphatic carbocycles. The third-order valence-electron chi connectivity index (χ3n) is 3.86. The van der Waals surface area contributed by atoms with Crippen LogP contribution in [0, 0.1) is 5.41 Å². The minimum atomic E-state index is -0.653. The summed E-state index contributed by atoms with van der Waals surface area (Å²) >= 11 is 0. The van der Waals surface area contributed by atoms with E-state index in [2.05, 4.69) is 4.90 Å². The van der Waals surface area contributed by atoms with Crippen molar-refractivity contribution in [1.29, 1.82) is 0 Å². The fourth-order valence-corrected chi connectivity index (χ4v) is 2.28. The number of unbranched alkanes of at least 4 members (excludes halogenated alkanes) is 3. The molecule has 4 heteroatoms. The van der Waals surface area contributed by atoms with Crippen molar-refractivity contribution in [2.75, 3.05) is 26.2 Å². The summed E-state index contributed by atoms with van der Waals surface area (Å²) in [6.45, 7) is 5.03. The lowest BCUT2D eigenvalue weighted by atomic mass is 9.80. The van der Waals surface area contributed by atoms with Crippen LogP contribution in [-0.2, 0) is 4.79 Å². The van der Waals surface area contributed by atoms with Crippen LogP contribution in [0.2, 0.25) is 0 Å². The highest BCUT2D eigenvalue weighted by Crippen LogP contribution is 2.31. The van der Waals surface area contributed by atoms with Gasteiger partial charge in [0.2, 0.25) is 0 Å². The first-order valence-electron chi connectivity index (χ1n) is 6.65. The van der Waals surface area contributed by atoms with Crippen molar-refractivity contribution in [1.82, 2.24) is 4.90 Å². The lowest BCUT2D eigenvalue weighted by molar-refractivity contribution is -0.150. The number of rotatable bonds is 7. The first-order chi connectivity index (χ1) is 8.08. The molecule has 2 N–H and O–H groups in total. The molecule has 0 aromatic heterocycles. The maximum atomic E-state index is 11.1. The summed E-state index contributed by atoms with van der Waals surface area (Å²) in [7, 11) is 0. The van der Waals surface area contributed by atoms with Crippen LogP contribution in [-0.4, -0.2) is 47.3 Å². The van der Waals surface area contributed by atoms with E-state index in [1.807, 2.05) is 6.92 Å². The fourth-order valence-electron chi connectivity index (χ4n) is 2.28. The molecule has 0 aromatic carbocycles. The SMILES string of the molecule is CC1(C(=O)O)CCN(CCCCCCO)CC1. The molecule has 1 fully saturated rings. The van der Waals surface area contributed by atoms with Gasteiger partial charge in [-0.2, -0.15) is 0 Å². The van der Waals surface area contributed by atoms with Gasteiger partial charge in [0.1, 0.15) is 0 Å². The number of carboxylic acids is 1.